The minimum atomic E-state index is -0.821. The van der Waals surface area contributed by atoms with E-state index >= 15 is 0 Å². The Morgan fingerprint density at radius 1 is 1.33 bits per heavy atom. The Morgan fingerprint density at radius 3 is 2.76 bits per heavy atom. The predicted octanol–water partition coefficient (Wildman–Crippen LogP) is 2.54. The number of carboxylic acid groups (broad SMARTS) is 1. The first-order valence-corrected chi connectivity index (χ1v) is 7.84. The van der Waals surface area contributed by atoms with Crippen molar-refractivity contribution in [2.45, 2.75) is 56.6 Å². The van der Waals surface area contributed by atoms with E-state index in [0.717, 1.165) is 18.6 Å². The van der Waals surface area contributed by atoms with Crippen molar-refractivity contribution in [2.24, 2.45) is 0 Å². The maximum Gasteiger partial charge on any atom is 0.324 e. The summed E-state index contributed by atoms with van der Waals surface area (Å²) >= 11 is 0. The second kappa shape index (κ2) is 5.68. The molecule has 0 aliphatic heterocycles. The number of ether oxygens (including phenoxy) is 1. The van der Waals surface area contributed by atoms with Crippen LogP contribution in [0.3, 0.4) is 0 Å². The van der Waals surface area contributed by atoms with Crippen LogP contribution in [0.25, 0.3) is 0 Å². The Morgan fingerprint density at radius 2 is 2.10 bits per heavy atom. The van der Waals surface area contributed by atoms with E-state index in [1.54, 1.807) is 7.05 Å². The Hall–Kier alpha value is -1.55. The second-order valence-corrected chi connectivity index (χ2v) is 6.26. The average Bonchev–Trinajstić information content (AvgIpc) is 2.92. The summed E-state index contributed by atoms with van der Waals surface area (Å²) in [7, 11) is 1.72. The van der Waals surface area contributed by atoms with Crippen molar-refractivity contribution in [3.05, 3.63) is 29.3 Å². The second-order valence-electron chi connectivity index (χ2n) is 6.26. The number of aryl methyl sites for hydroxylation is 2. The fraction of sp³-hybridized carbons (Fsp3) is 0.588. The molecule has 2 aliphatic rings. The molecule has 0 amide bonds. The summed E-state index contributed by atoms with van der Waals surface area (Å²) in [4.78, 5) is 11.4. The van der Waals surface area contributed by atoms with Crippen LogP contribution in [-0.4, -0.2) is 29.8 Å². The van der Waals surface area contributed by atoms with Gasteiger partial charge in [-0.25, -0.2) is 0 Å². The molecule has 0 saturated heterocycles. The molecule has 0 radical (unpaired) electrons. The Bertz CT molecular complexity index is 543. The fourth-order valence-corrected chi connectivity index (χ4v) is 3.60. The zero-order valence-corrected chi connectivity index (χ0v) is 12.5. The summed E-state index contributed by atoms with van der Waals surface area (Å²) in [6, 6.07) is 6.35. The normalized spacial score (nSPS) is 28.1. The lowest BCUT2D eigenvalue weighted by atomic mass is 9.92. The molecule has 0 spiro atoms. The quantitative estimate of drug-likeness (QED) is 0.894. The lowest BCUT2D eigenvalue weighted by Gasteiger charge is -2.24. The molecule has 1 aromatic rings. The zero-order chi connectivity index (χ0) is 14.9. The lowest BCUT2D eigenvalue weighted by Crippen LogP contribution is -2.48. The minimum absolute atomic E-state index is 0.0183. The number of carboxylic acids is 1. The molecule has 2 N–H and O–H groups in total. The molecule has 0 aromatic heterocycles. The molecule has 3 rings (SSSR count). The minimum Gasteiger partial charge on any atom is -0.490 e. The van der Waals surface area contributed by atoms with Gasteiger partial charge in [0.2, 0.25) is 0 Å². The summed E-state index contributed by atoms with van der Waals surface area (Å²) in [6.07, 6.45) is 6.73. The highest BCUT2D eigenvalue weighted by atomic mass is 16.5. The van der Waals surface area contributed by atoms with E-state index < -0.39 is 11.5 Å². The number of carbonyl (C=O) groups is 1. The third kappa shape index (κ3) is 2.77. The van der Waals surface area contributed by atoms with E-state index in [0.29, 0.717) is 12.8 Å². The van der Waals surface area contributed by atoms with Crippen LogP contribution in [0, 0.1) is 0 Å². The Kier molecular flexibility index (Phi) is 3.89. The van der Waals surface area contributed by atoms with Gasteiger partial charge in [0.1, 0.15) is 17.4 Å². The molecule has 2 atom stereocenters. The molecular formula is C17H23NO3. The smallest absolute Gasteiger partial charge is 0.324 e. The molecule has 2 aliphatic carbocycles. The van der Waals surface area contributed by atoms with Crippen LogP contribution in [0.5, 0.6) is 5.75 Å². The van der Waals surface area contributed by atoms with Crippen LogP contribution in [-0.2, 0) is 17.6 Å². The van der Waals surface area contributed by atoms with Gasteiger partial charge in [-0.1, -0.05) is 6.07 Å². The van der Waals surface area contributed by atoms with E-state index in [1.165, 1.54) is 30.4 Å². The highest BCUT2D eigenvalue weighted by Gasteiger charge is 2.45. The van der Waals surface area contributed by atoms with Crippen molar-refractivity contribution in [1.82, 2.24) is 5.32 Å². The summed E-state index contributed by atoms with van der Waals surface area (Å²) in [5.41, 5.74) is 2.02. The van der Waals surface area contributed by atoms with Gasteiger partial charge in [-0.15, -0.1) is 0 Å². The highest BCUT2D eigenvalue weighted by molar-refractivity contribution is 5.79. The number of hydrogen-bond donors (Lipinski definition) is 2. The highest BCUT2D eigenvalue weighted by Crippen LogP contribution is 2.34. The van der Waals surface area contributed by atoms with Gasteiger partial charge < -0.3 is 15.2 Å². The molecule has 4 heteroatoms. The van der Waals surface area contributed by atoms with Crippen LogP contribution < -0.4 is 10.1 Å². The zero-order valence-electron chi connectivity index (χ0n) is 12.5. The molecule has 1 aromatic carbocycles. The van der Waals surface area contributed by atoms with Gasteiger partial charge in [0.25, 0.3) is 0 Å². The van der Waals surface area contributed by atoms with E-state index in [9.17, 15) is 9.90 Å². The van der Waals surface area contributed by atoms with Crippen molar-refractivity contribution in [3.63, 3.8) is 0 Å². The number of nitrogens with one attached hydrogen (secondary N) is 1. The summed E-state index contributed by atoms with van der Waals surface area (Å²) in [5, 5.41) is 12.4. The molecule has 0 heterocycles. The van der Waals surface area contributed by atoms with Crippen molar-refractivity contribution in [1.29, 1.82) is 0 Å². The third-order valence-corrected chi connectivity index (χ3v) is 4.98. The van der Waals surface area contributed by atoms with Crippen LogP contribution in [0.1, 0.15) is 43.2 Å². The van der Waals surface area contributed by atoms with E-state index in [-0.39, 0.29) is 6.10 Å². The summed E-state index contributed by atoms with van der Waals surface area (Å²) < 4.78 is 6.05. The van der Waals surface area contributed by atoms with Gasteiger partial charge in [-0.3, -0.25) is 4.79 Å². The first-order chi connectivity index (χ1) is 10.1. The first-order valence-electron chi connectivity index (χ1n) is 7.84. The fourth-order valence-electron chi connectivity index (χ4n) is 3.60. The van der Waals surface area contributed by atoms with Gasteiger partial charge >= 0.3 is 5.97 Å². The molecular weight excluding hydrogens is 266 g/mol. The van der Waals surface area contributed by atoms with E-state index in [2.05, 4.69) is 17.4 Å². The Labute approximate surface area is 125 Å². The standard InChI is InChI=1S/C17H23NO3/c1-18-17(16(19)20)9-8-15(11-17)21-14-7-6-12-4-2-3-5-13(12)10-14/h6-7,10,15,18H,2-5,8-9,11H2,1H3,(H,19,20). The molecule has 21 heavy (non-hydrogen) atoms. The molecule has 4 nitrogen and oxygen atoms in total. The predicted molar refractivity (Wildman–Crippen MR) is 80.8 cm³/mol. The molecule has 1 saturated carbocycles. The van der Waals surface area contributed by atoms with Crippen LogP contribution in [0.15, 0.2) is 18.2 Å². The topological polar surface area (TPSA) is 58.6 Å². The summed E-state index contributed by atoms with van der Waals surface area (Å²) in [5.74, 6) is 0.111. The molecule has 0 bridgehead atoms. The number of aliphatic carboxylic acids is 1. The monoisotopic (exact) mass is 289 g/mol. The third-order valence-electron chi connectivity index (χ3n) is 4.98. The average molecular weight is 289 g/mol. The SMILES string of the molecule is CNC1(C(=O)O)CCC(Oc2ccc3c(c2)CCCC3)C1. The maximum atomic E-state index is 11.4. The number of hydrogen-bond acceptors (Lipinski definition) is 3. The van der Waals surface area contributed by atoms with Crippen molar-refractivity contribution >= 4 is 5.97 Å². The van der Waals surface area contributed by atoms with Gasteiger partial charge in [-0.2, -0.15) is 0 Å². The van der Waals surface area contributed by atoms with Gasteiger partial charge in [0, 0.05) is 6.42 Å². The number of likely N-dealkylation sites (N-methyl/N-ethyl adjacent to an activating group) is 1. The van der Waals surface area contributed by atoms with Crippen LogP contribution in [0.4, 0.5) is 0 Å². The number of rotatable bonds is 4. The van der Waals surface area contributed by atoms with Crippen LogP contribution in [0.2, 0.25) is 0 Å². The molecule has 1 fully saturated rings. The van der Waals surface area contributed by atoms with Crippen molar-refractivity contribution in [3.8, 4) is 5.75 Å². The van der Waals surface area contributed by atoms with E-state index in [4.69, 9.17) is 4.74 Å². The van der Waals surface area contributed by atoms with Crippen molar-refractivity contribution < 1.29 is 14.6 Å². The van der Waals surface area contributed by atoms with Gasteiger partial charge in [0.05, 0.1) is 0 Å². The maximum absolute atomic E-state index is 11.4. The van der Waals surface area contributed by atoms with Gasteiger partial charge in [-0.05, 0) is 68.8 Å². The largest absolute Gasteiger partial charge is 0.490 e. The summed E-state index contributed by atoms with van der Waals surface area (Å²) in [6.45, 7) is 0. The lowest BCUT2D eigenvalue weighted by molar-refractivity contribution is -0.144. The number of fused-ring (bicyclic) bond motifs is 1. The molecule has 114 valence electrons. The van der Waals surface area contributed by atoms with Crippen molar-refractivity contribution in [2.75, 3.05) is 7.05 Å². The molecule has 2 unspecified atom stereocenters. The first kappa shape index (κ1) is 14.4. The van der Waals surface area contributed by atoms with Gasteiger partial charge in [0.15, 0.2) is 0 Å². The van der Waals surface area contributed by atoms with E-state index in [1.807, 2.05) is 6.07 Å². The number of benzene rings is 1. The van der Waals surface area contributed by atoms with Crippen LogP contribution >= 0.6 is 0 Å². The Balaban J connectivity index is 1.69.